The normalized spacial score (nSPS) is 16.5. The second kappa shape index (κ2) is 4.45. The predicted octanol–water partition coefficient (Wildman–Crippen LogP) is 1.66. The fourth-order valence-corrected chi connectivity index (χ4v) is 1.97. The molecule has 2 heterocycles. The number of imide groups is 1. The Morgan fingerprint density at radius 1 is 0.947 bits per heavy atom. The molecule has 94 valence electrons. The number of amides is 3. The summed E-state index contributed by atoms with van der Waals surface area (Å²) in [6.07, 6.45) is 3.55. The number of nitrogens with zero attached hydrogens (tertiary/aromatic N) is 1. The van der Waals surface area contributed by atoms with Crippen LogP contribution in [0.5, 0.6) is 0 Å². The van der Waals surface area contributed by atoms with Crippen molar-refractivity contribution in [2.75, 3.05) is 0 Å². The Hall–Kier alpha value is -2.82. The summed E-state index contributed by atoms with van der Waals surface area (Å²) >= 11 is 0. The van der Waals surface area contributed by atoms with Crippen LogP contribution in [0.4, 0.5) is 4.79 Å². The third-order valence-corrected chi connectivity index (χ3v) is 2.83. The third kappa shape index (κ3) is 2.13. The molecule has 0 radical (unpaired) electrons. The Morgan fingerprint density at radius 2 is 1.74 bits per heavy atom. The van der Waals surface area contributed by atoms with Crippen molar-refractivity contribution < 1.29 is 9.59 Å². The predicted molar refractivity (Wildman–Crippen MR) is 70.4 cm³/mol. The fourth-order valence-electron chi connectivity index (χ4n) is 1.97. The number of urea groups is 1. The molecule has 3 amide bonds. The first kappa shape index (κ1) is 11.3. The highest BCUT2D eigenvalue weighted by Crippen LogP contribution is 2.15. The van der Waals surface area contributed by atoms with Gasteiger partial charge in [-0.25, -0.2) is 4.79 Å². The topological polar surface area (TPSA) is 63.1 Å². The summed E-state index contributed by atoms with van der Waals surface area (Å²) in [5.74, 6) is -0.411. The van der Waals surface area contributed by atoms with Gasteiger partial charge in [-0.15, -0.1) is 0 Å². The van der Waals surface area contributed by atoms with Crippen LogP contribution >= 0.6 is 0 Å². The van der Waals surface area contributed by atoms with E-state index in [2.05, 4.69) is 10.6 Å². The minimum absolute atomic E-state index is 0.251. The van der Waals surface area contributed by atoms with E-state index in [0.717, 1.165) is 11.4 Å². The van der Waals surface area contributed by atoms with Crippen molar-refractivity contribution in [1.82, 2.24) is 15.2 Å². The SMILES string of the molecule is O=C1NC(=O)/C(=C\c2cccn2-c2ccccc2)N1. The molecule has 5 nitrogen and oxygen atoms in total. The molecule has 1 aromatic heterocycles. The lowest BCUT2D eigenvalue weighted by Gasteiger charge is -2.06. The van der Waals surface area contributed by atoms with Gasteiger partial charge in [-0.05, 0) is 30.3 Å². The highest BCUT2D eigenvalue weighted by Gasteiger charge is 2.23. The Balaban J connectivity index is 2.00. The van der Waals surface area contributed by atoms with E-state index in [-0.39, 0.29) is 5.70 Å². The number of nitrogens with one attached hydrogen (secondary N) is 2. The minimum Gasteiger partial charge on any atom is -0.317 e. The number of hydrogen-bond donors (Lipinski definition) is 2. The van der Waals surface area contributed by atoms with E-state index in [1.807, 2.05) is 53.2 Å². The van der Waals surface area contributed by atoms with Crippen LogP contribution in [0.25, 0.3) is 11.8 Å². The van der Waals surface area contributed by atoms with E-state index in [9.17, 15) is 9.59 Å². The summed E-state index contributed by atoms with van der Waals surface area (Å²) in [5.41, 5.74) is 2.06. The number of aromatic nitrogens is 1. The molecular formula is C14H11N3O2. The van der Waals surface area contributed by atoms with Crippen molar-refractivity contribution in [2.45, 2.75) is 0 Å². The van der Waals surface area contributed by atoms with E-state index in [4.69, 9.17) is 0 Å². The Bertz CT molecular complexity index is 671. The van der Waals surface area contributed by atoms with Gasteiger partial charge in [0, 0.05) is 17.6 Å². The average Bonchev–Trinajstić information content (AvgIpc) is 2.98. The maximum absolute atomic E-state index is 11.5. The summed E-state index contributed by atoms with van der Waals surface area (Å²) in [5, 5.41) is 4.64. The van der Waals surface area contributed by atoms with Crippen LogP contribution in [0, 0.1) is 0 Å². The molecule has 0 bridgehead atoms. The number of carbonyl (C=O) groups excluding carboxylic acids is 2. The van der Waals surface area contributed by atoms with Crippen LogP contribution in [0.1, 0.15) is 5.69 Å². The molecule has 1 aliphatic rings. The van der Waals surface area contributed by atoms with Crippen molar-refractivity contribution >= 4 is 18.0 Å². The highest BCUT2D eigenvalue weighted by molar-refractivity contribution is 6.13. The highest BCUT2D eigenvalue weighted by atomic mass is 16.2. The molecule has 19 heavy (non-hydrogen) atoms. The Kier molecular flexibility index (Phi) is 2.64. The second-order valence-corrected chi connectivity index (χ2v) is 4.10. The Morgan fingerprint density at radius 3 is 2.42 bits per heavy atom. The lowest BCUT2D eigenvalue weighted by atomic mass is 10.3. The molecule has 0 unspecified atom stereocenters. The lowest BCUT2D eigenvalue weighted by molar-refractivity contribution is -0.115. The average molecular weight is 253 g/mol. The zero-order valence-corrected chi connectivity index (χ0v) is 9.96. The zero-order valence-electron chi connectivity index (χ0n) is 9.96. The molecule has 1 fully saturated rings. The van der Waals surface area contributed by atoms with Gasteiger partial charge in [0.1, 0.15) is 5.70 Å². The van der Waals surface area contributed by atoms with Crippen molar-refractivity contribution in [3.8, 4) is 5.69 Å². The van der Waals surface area contributed by atoms with E-state index >= 15 is 0 Å². The standard InChI is InChI=1S/C14H11N3O2/c18-13-12(15-14(19)16-13)9-11-7-4-8-17(11)10-5-2-1-3-6-10/h1-9H,(H2,15,16,18,19)/b12-9+. The van der Waals surface area contributed by atoms with Gasteiger partial charge in [-0.1, -0.05) is 18.2 Å². The third-order valence-electron chi connectivity index (χ3n) is 2.83. The van der Waals surface area contributed by atoms with Crippen molar-refractivity contribution in [3.05, 3.63) is 60.1 Å². The fraction of sp³-hybridized carbons (Fsp3) is 0. The maximum atomic E-state index is 11.5. The maximum Gasteiger partial charge on any atom is 0.326 e. The minimum atomic E-state index is -0.492. The van der Waals surface area contributed by atoms with E-state index in [1.165, 1.54) is 0 Å². The molecular weight excluding hydrogens is 242 g/mol. The lowest BCUT2D eigenvalue weighted by Crippen LogP contribution is -2.22. The molecule has 1 aliphatic heterocycles. The van der Waals surface area contributed by atoms with Crippen LogP contribution in [-0.2, 0) is 4.79 Å². The molecule has 3 rings (SSSR count). The molecule has 2 N–H and O–H groups in total. The summed E-state index contributed by atoms with van der Waals surface area (Å²) in [6.45, 7) is 0. The van der Waals surface area contributed by atoms with Gasteiger partial charge >= 0.3 is 6.03 Å². The number of carbonyl (C=O) groups is 2. The van der Waals surface area contributed by atoms with E-state index in [0.29, 0.717) is 0 Å². The van der Waals surface area contributed by atoms with E-state index in [1.54, 1.807) is 6.08 Å². The van der Waals surface area contributed by atoms with Crippen LogP contribution in [-0.4, -0.2) is 16.5 Å². The molecule has 5 heteroatoms. The summed E-state index contributed by atoms with van der Waals surface area (Å²) < 4.78 is 1.94. The van der Waals surface area contributed by atoms with Gasteiger partial charge in [-0.3, -0.25) is 10.1 Å². The van der Waals surface area contributed by atoms with Crippen LogP contribution in [0.3, 0.4) is 0 Å². The van der Waals surface area contributed by atoms with Gasteiger partial charge in [0.05, 0.1) is 0 Å². The molecule has 0 aliphatic carbocycles. The molecule has 1 saturated heterocycles. The monoisotopic (exact) mass is 253 g/mol. The molecule has 2 aromatic rings. The molecule has 1 aromatic carbocycles. The van der Waals surface area contributed by atoms with Gasteiger partial charge in [0.25, 0.3) is 5.91 Å². The van der Waals surface area contributed by atoms with Crippen LogP contribution < -0.4 is 10.6 Å². The molecule has 0 atom stereocenters. The summed E-state index contributed by atoms with van der Waals surface area (Å²) in [7, 11) is 0. The van der Waals surface area contributed by atoms with E-state index < -0.39 is 11.9 Å². The molecule has 0 saturated carbocycles. The first-order chi connectivity index (χ1) is 9.24. The van der Waals surface area contributed by atoms with Crippen molar-refractivity contribution in [1.29, 1.82) is 0 Å². The van der Waals surface area contributed by atoms with Gasteiger partial charge in [0.15, 0.2) is 0 Å². The number of hydrogen-bond acceptors (Lipinski definition) is 2. The van der Waals surface area contributed by atoms with Gasteiger partial charge < -0.3 is 9.88 Å². The van der Waals surface area contributed by atoms with Crippen LogP contribution in [0.2, 0.25) is 0 Å². The van der Waals surface area contributed by atoms with Gasteiger partial charge in [-0.2, -0.15) is 0 Å². The number of rotatable bonds is 2. The summed E-state index contributed by atoms with van der Waals surface area (Å²) in [4.78, 5) is 22.5. The molecule has 0 spiro atoms. The number of benzene rings is 1. The van der Waals surface area contributed by atoms with Crippen molar-refractivity contribution in [3.63, 3.8) is 0 Å². The Labute approximate surface area is 109 Å². The second-order valence-electron chi connectivity index (χ2n) is 4.10. The quantitative estimate of drug-likeness (QED) is 0.631. The van der Waals surface area contributed by atoms with Gasteiger partial charge in [0.2, 0.25) is 0 Å². The van der Waals surface area contributed by atoms with Crippen LogP contribution in [0.15, 0.2) is 54.4 Å². The smallest absolute Gasteiger partial charge is 0.317 e. The zero-order chi connectivity index (χ0) is 13.2. The number of para-hydroxylation sites is 1. The van der Waals surface area contributed by atoms with Crippen molar-refractivity contribution in [2.24, 2.45) is 0 Å². The first-order valence-corrected chi connectivity index (χ1v) is 5.81. The first-order valence-electron chi connectivity index (χ1n) is 5.81. The summed E-state index contributed by atoms with van der Waals surface area (Å²) in [6, 6.07) is 13.0. The largest absolute Gasteiger partial charge is 0.326 e.